The highest BCUT2D eigenvalue weighted by molar-refractivity contribution is 6.00. The van der Waals surface area contributed by atoms with Crippen LogP contribution in [-0.4, -0.2) is 41.4 Å². The van der Waals surface area contributed by atoms with Crippen LogP contribution in [0.15, 0.2) is 42.5 Å². The van der Waals surface area contributed by atoms with Gasteiger partial charge in [0, 0.05) is 6.42 Å². The number of carboxylic acids is 1. The number of rotatable bonds is 8. The predicted octanol–water partition coefficient (Wildman–Crippen LogP) is 2.72. The molecule has 1 aliphatic rings. The molecule has 1 heterocycles. The number of carbonyl (C=O) groups is 3. The van der Waals surface area contributed by atoms with E-state index in [-0.39, 0.29) is 29.7 Å². The zero-order valence-corrected chi connectivity index (χ0v) is 16.5. The first-order chi connectivity index (χ1) is 15.0. The van der Waals surface area contributed by atoms with Crippen molar-refractivity contribution in [3.8, 4) is 11.5 Å². The van der Waals surface area contributed by atoms with Gasteiger partial charge < -0.3 is 20.3 Å². The summed E-state index contributed by atoms with van der Waals surface area (Å²) in [6.45, 7) is 0. The first kappa shape index (κ1) is 23.1. The summed E-state index contributed by atoms with van der Waals surface area (Å²) in [6, 6.07) is 9.04. The Kier molecular flexibility index (Phi) is 6.68. The van der Waals surface area contributed by atoms with Gasteiger partial charge in [-0.25, -0.2) is 4.79 Å². The summed E-state index contributed by atoms with van der Waals surface area (Å²) in [4.78, 5) is 33.6. The third kappa shape index (κ3) is 6.20. The Bertz CT molecular complexity index is 1020. The molecule has 0 spiro atoms. The summed E-state index contributed by atoms with van der Waals surface area (Å²) < 4.78 is 49.4. The van der Waals surface area contributed by atoms with Crippen molar-refractivity contribution >= 4 is 18.0 Å². The predicted molar refractivity (Wildman–Crippen MR) is 104 cm³/mol. The number of imide groups is 1. The topological polar surface area (TPSA) is 128 Å². The van der Waals surface area contributed by atoms with Gasteiger partial charge in [0.25, 0.3) is 5.91 Å². The van der Waals surface area contributed by atoms with Gasteiger partial charge >= 0.3 is 18.2 Å². The molecule has 0 aliphatic carbocycles. The van der Waals surface area contributed by atoms with Gasteiger partial charge in [0.1, 0.15) is 17.5 Å². The zero-order chi connectivity index (χ0) is 23.5. The van der Waals surface area contributed by atoms with Crippen LogP contribution in [0.5, 0.6) is 11.5 Å². The second-order valence-electron chi connectivity index (χ2n) is 7.20. The summed E-state index contributed by atoms with van der Waals surface area (Å²) in [5, 5.41) is 11.0. The molecule has 1 aliphatic heterocycles. The van der Waals surface area contributed by atoms with Gasteiger partial charge in [-0.1, -0.05) is 18.2 Å². The number of carbonyl (C=O) groups excluding carboxylic acids is 2. The monoisotopic (exact) mass is 452 g/mol. The number of hydrogen-bond donors (Lipinski definition) is 3. The Labute approximate surface area is 180 Å². The maximum Gasteiger partial charge on any atom is 0.414 e. The highest BCUT2D eigenvalue weighted by Gasteiger charge is 2.32. The first-order valence-electron chi connectivity index (χ1n) is 9.45. The number of alkyl carbamates (subject to hydrolysis) is 1. The number of hydrogen-bond acceptors (Lipinski definition) is 6. The fourth-order valence-corrected chi connectivity index (χ4v) is 3.14. The molecule has 1 fully saturated rings. The molecule has 11 heteroatoms. The van der Waals surface area contributed by atoms with E-state index in [9.17, 15) is 27.6 Å². The van der Waals surface area contributed by atoms with Gasteiger partial charge in [-0.15, -0.1) is 0 Å². The minimum atomic E-state index is -4.50. The Morgan fingerprint density at radius 2 is 1.78 bits per heavy atom. The van der Waals surface area contributed by atoms with Crippen LogP contribution in [0.2, 0.25) is 0 Å². The number of nitrogens with one attached hydrogen (secondary N) is 1. The summed E-state index contributed by atoms with van der Waals surface area (Å²) in [7, 11) is 0. The summed E-state index contributed by atoms with van der Waals surface area (Å²) in [5.74, 6) is -1.38. The molecule has 8 nitrogen and oxygen atoms in total. The van der Waals surface area contributed by atoms with Crippen LogP contribution in [-0.2, 0) is 33.6 Å². The molecule has 2 atom stereocenters. The third-order valence-corrected chi connectivity index (χ3v) is 4.67. The van der Waals surface area contributed by atoms with Gasteiger partial charge in [0.05, 0.1) is 6.42 Å². The lowest BCUT2D eigenvalue weighted by atomic mass is 9.98. The molecule has 32 heavy (non-hydrogen) atoms. The summed E-state index contributed by atoms with van der Waals surface area (Å²) in [6.07, 6.45) is -7.58. The van der Waals surface area contributed by atoms with Crippen LogP contribution in [0.4, 0.5) is 18.0 Å². The van der Waals surface area contributed by atoms with Crippen LogP contribution in [0.25, 0.3) is 0 Å². The highest BCUT2D eigenvalue weighted by atomic mass is 19.4. The number of cyclic esters (lactones) is 1. The smallest absolute Gasteiger partial charge is 0.414 e. The van der Waals surface area contributed by atoms with Crippen molar-refractivity contribution in [3.05, 3.63) is 59.2 Å². The number of halogens is 3. The number of ether oxygens (including phenoxy) is 2. The van der Waals surface area contributed by atoms with Crippen molar-refractivity contribution in [2.75, 3.05) is 0 Å². The van der Waals surface area contributed by atoms with Crippen molar-refractivity contribution in [1.82, 2.24) is 5.32 Å². The van der Waals surface area contributed by atoms with Gasteiger partial charge in [-0.2, -0.15) is 13.2 Å². The largest absolute Gasteiger partial charge is 0.480 e. The van der Waals surface area contributed by atoms with E-state index < -0.39 is 42.7 Å². The molecule has 3 rings (SSSR count). The molecule has 2 amide bonds. The lowest BCUT2D eigenvalue weighted by Crippen LogP contribution is -2.32. The fraction of sp³-hybridized carbons (Fsp3) is 0.286. The molecule has 0 saturated carbocycles. The quantitative estimate of drug-likeness (QED) is 0.562. The summed E-state index contributed by atoms with van der Waals surface area (Å²) in [5.41, 5.74) is 6.19. The standard InChI is InChI=1S/C21H19F3N2O6/c22-21(23,24)10-13-8-15(6-3-12(13)9-16(25)19(28)29)31-14-4-1-11(2-5-14)7-17-18(27)26-20(30)32-17/h1-6,8,16-17H,7,9-10,25H2,(H,28,29)(H,26,27,30). The normalized spacial score (nSPS) is 16.9. The van der Waals surface area contributed by atoms with Crippen molar-refractivity contribution in [2.45, 2.75) is 37.6 Å². The molecule has 0 radical (unpaired) electrons. The molecular weight excluding hydrogens is 433 g/mol. The average molecular weight is 452 g/mol. The Hall–Kier alpha value is -3.60. The van der Waals surface area contributed by atoms with Crippen molar-refractivity contribution in [2.24, 2.45) is 5.73 Å². The molecule has 2 aromatic rings. The molecular formula is C21H19F3N2O6. The van der Waals surface area contributed by atoms with Crippen LogP contribution < -0.4 is 15.8 Å². The second kappa shape index (κ2) is 9.27. The Morgan fingerprint density at radius 3 is 2.34 bits per heavy atom. The maximum absolute atomic E-state index is 13.0. The molecule has 0 aromatic heterocycles. The van der Waals surface area contributed by atoms with E-state index in [2.05, 4.69) is 0 Å². The van der Waals surface area contributed by atoms with E-state index in [0.29, 0.717) is 11.3 Å². The van der Waals surface area contributed by atoms with Crippen molar-refractivity contribution in [3.63, 3.8) is 0 Å². The van der Waals surface area contributed by atoms with E-state index >= 15 is 0 Å². The molecule has 170 valence electrons. The van der Waals surface area contributed by atoms with E-state index in [4.69, 9.17) is 20.3 Å². The zero-order valence-electron chi connectivity index (χ0n) is 16.5. The number of alkyl halides is 3. The lowest BCUT2D eigenvalue weighted by Gasteiger charge is -2.16. The van der Waals surface area contributed by atoms with E-state index in [0.717, 1.165) is 0 Å². The van der Waals surface area contributed by atoms with E-state index in [1.54, 1.807) is 24.3 Å². The minimum Gasteiger partial charge on any atom is -0.480 e. The van der Waals surface area contributed by atoms with Crippen LogP contribution in [0.3, 0.4) is 0 Å². The number of aliphatic carboxylic acids is 1. The Morgan fingerprint density at radius 1 is 1.12 bits per heavy atom. The SMILES string of the molecule is NC(Cc1ccc(Oc2ccc(CC3OC(=O)NC3=O)cc2)cc1CC(F)(F)F)C(=O)O. The maximum atomic E-state index is 13.0. The molecule has 2 unspecified atom stereocenters. The van der Waals surface area contributed by atoms with Crippen molar-refractivity contribution < 1.29 is 42.1 Å². The number of nitrogens with two attached hydrogens (primary N) is 1. The average Bonchev–Trinajstić information content (AvgIpc) is 3.00. The fourth-order valence-electron chi connectivity index (χ4n) is 3.14. The van der Waals surface area contributed by atoms with Crippen LogP contribution >= 0.6 is 0 Å². The number of carboxylic acid groups (broad SMARTS) is 1. The van der Waals surface area contributed by atoms with Gasteiger partial charge in [0.2, 0.25) is 0 Å². The van der Waals surface area contributed by atoms with E-state index in [1.807, 2.05) is 5.32 Å². The van der Waals surface area contributed by atoms with Gasteiger partial charge in [0.15, 0.2) is 6.10 Å². The lowest BCUT2D eigenvalue weighted by molar-refractivity contribution is -0.138. The molecule has 2 aromatic carbocycles. The van der Waals surface area contributed by atoms with Gasteiger partial charge in [-0.3, -0.25) is 14.9 Å². The molecule has 1 saturated heterocycles. The first-order valence-corrected chi connectivity index (χ1v) is 9.45. The van der Waals surface area contributed by atoms with Crippen LogP contribution in [0, 0.1) is 0 Å². The molecule has 4 N–H and O–H groups in total. The minimum absolute atomic E-state index is 0.127. The van der Waals surface area contributed by atoms with Gasteiger partial charge in [-0.05, 0) is 47.4 Å². The Balaban J connectivity index is 1.73. The summed E-state index contributed by atoms with van der Waals surface area (Å²) >= 11 is 0. The number of benzene rings is 2. The van der Waals surface area contributed by atoms with E-state index in [1.165, 1.54) is 18.2 Å². The van der Waals surface area contributed by atoms with Crippen molar-refractivity contribution in [1.29, 1.82) is 0 Å². The molecule has 0 bridgehead atoms. The second-order valence-corrected chi connectivity index (χ2v) is 7.20. The highest BCUT2D eigenvalue weighted by Crippen LogP contribution is 2.30. The number of amides is 2. The third-order valence-electron chi connectivity index (χ3n) is 4.67. The van der Waals surface area contributed by atoms with Crippen LogP contribution in [0.1, 0.15) is 16.7 Å².